The molecular formula is C18H15ClN4O3. The van der Waals surface area contributed by atoms with Gasteiger partial charge in [-0.1, -0.05) is 29.8 Å². The zero-order valence-electron chi connectivity index (χ0n) is 13.7. The van der Waals surface area contributed by atoms with Crippen molar-refractivity contribution in [1.82, 2.24) is 20.2 Å². The molecule has 0 amide bonds. The Bertz CT molecular complexity index is 894. The molecule has 26 heavy (non-hydrogen) atoms. The van der Waals surface area contributed by atoms with E-state index in [0.29, 0.717) is 16.4 Å². The van der Waals surface area contributed by atoms with Crippen LogP contribution in [0.2, 0.25) is 5.02 Å². The number of nitrogens with zero attached hydrogens (tertiary/aromatic N) is 4. The zero-order valence-corrected chi connectivity index (χ0v) is 14.5. The molecule has 0 bridgehead atoms. The summed E-state index contributed by atoms with van der Waals surface area (Å²) < 4.78 is 6.67. The smallest absolute Gasteiger partial charge is 0.306 e. The molecule has 1 heterocycles. The van der Waals surface area contributed by atoms with Gasteiger partial charge in [0.1, 0.15) is 0 Å². The molecule has 0 unspecified atom stereocenters. The van der Waals surface area contributed by atoms with Gasteiger partial charge in [0.05, 0.1) is 12.1 Å². The number of ether oxygens (including phenoxy) is 1. The van der Waals surface area contributed by atoms with Gasteiger partial charge in [-0.3, -0.25) is 9.59 Å². The summed E-state index contributed by atoms with van der Waals surface area (Å²) in [6, 6.07) is 15.8. The van der Waals surface area contributed by atoms with Crippen LogP contribution < -0.4 is 0 Å². The predicted molar refractivity (Wildman–Crippen MR) is 94.0 cm³/mol. The Morgan fingerprint density at radius 3 is 2.46 bits per heavy atom. The molecular weight excluding hydrogens is 356 g/mol. The monoisotopic (exact) mass is 370 g/mol. The second-order valence-corrected chi connectivity index (χ2v) is 5.87. The fourth-order valence-corrected chi connectivity index (χ4v) is 2.40. The van der Waals surface area contributed by atoms with E-state index in [4.69, 9.17) is 16.3 Å². The molecule has 1 aromatic heterocycles. The average Bonchev–Trinajstić information content (AvgIpc) is 3.14. The van der Waals surface area contributed by atoms with Gasteiger partial charge in [0, 0.05) is 17.0 Å². The van der Waals surface area contributed by atoms with E-state index in [2.05, 4.69) is 15.5 Å². The molecule has 0 N–H and O–H groups in total. The lowest BCUT2D eigenvalue weighted by molar-refractivity contribution is -0.145. The maximum atomic E-state index is 12.0. The Morgan fingerprint density at radius 2 is 1.73 bits per heavy atom. The average molecular weight is 371 g/mol. The summed E-state index contributed by atoms with van der Waals surface area (Å²) in [4.78, 5) is 23.9. The summed E-state index contributed by atoms with van der Waals surface area (Å²) in [5, 5.41) is 11.9. The quantitative estimate of drug-likeness (QED) is 0.469. The number of esters is 1. The normalized spacial score (nSPS) is 10.5. The number of rotatable bonds is 7. The highest BCUT2D eigenvalue weighted by atomic mass is 35.5. The zero-order chi connectivity index (χ0) is 18.4. The van der Waals surface area contributed by atoms with Crippen molar-refractivity contribution in [3.8, 4) is 5.69 Å². The summed E-state index contributed by atoms with van der Waals surface area (Å²) in [7, 11) is 0. The highest BCUT2D eigenvalue weighted by Crippen LogP contribution is 2.13. The van der Waals surface area contributed by atoms with E-state index in [9.17, 15) is 9.59 Å². The van der Waals surface area contributed by atoms with Crippen LogP contribution in [0.25, 0.3) is 5.69 Å². The van der Waals surface area contributed by atoms with Gasteiger partial charge < -0.3 is 4.74 Å². The molecule has 3 rings (SSSR count). The number of hydrogen-bond acceptors (Lipinski definition) is 6. The van der Waals surface area contributed by atoms with Crippen LogP contribution in [0.3, 0.4) is 0 Å². The molecule has 0 fully saturated rings. The highest BCUT2D eigenvalue weighted by molar-refractivity contribution is 6.30. The van der Waals surface area contributed by atoms with Gasteiger partial charge in [-0.2, -0.15) is 4.68 Å². The maximum absolute atomic E-state index is 12.0. The van der Waals surface area contributed by atoms with Crippen molar-refractivity contribution >= 4 is 23.4 Å². The second kappa shape index (κ2) is 8.35. The number of halogens is 1. The predicted octanol–water partition coefficient (Wildman–Crippen LogP) is 3.02. The van der Waals surface area contributed by atoms with E-state index in [-0.39, 0.29) is 25.2 Å². The third kappa shape index (κ3) is 4.52. The van der Waals surface area contributed by atoms with Crippen LogP contribution in [0.5, 0.6) is 0 Å². The molecule has 8 heteroatoms. The number of hydrogen-bond donors (Lipinski definition) is 0. The minimum absolute atomic E-state index is 0.0195. The maximum Gasteiger partial charge on any atom is 0.306 e. The Hall–Kier alpha value is -3.06. The van der Waals surface area contributed by atoms with Gasteiger partial charge in [-0.25, -0.2) is 0 Å². The van der Waals surface area contributed by atoms with E-state index in [1.54, 1.807) is 24.3 Å². The summed E-state index contributed by atoms with van der Waals surface area (Å²) >= 11 is 5.79. The molecule has 0 aliphatic carbocycles. The summed E-state index contributed by atoms with van der Waals surface area (Å²) in [6.07, 6.45) is 0.0401. The van der Waals surface area contributed by atoms with Crippen LogP contribution in [0.1, 0.15) is 29.0 Å². The van der Waals surface area contributed by atoms with Crippen molar-refractivity contribution in [2.24, 2.45) is 0 Å². The topological polar surface area (TPSA) is 87.0 Å². The van der Waals surface area contributed by atoms with Crippen molar-refractivity contribution in [2.45, 2.75) is 19.4 Å². The minimum Gasteiger partial charge on any atom is -0.457 e. The molecule has 0 aliphatic heterocycles. The first-order valence-electron chi connectivity index (χ1n) is 7.90. The third-order valence-electron chi connectivity index (χ3n) is 3.62. The van der Waals surface area contributed by atoms with Crippen molar-refractivity contribution in [3.63, 3.8) is 0 Å². The van der Waals surface area contributed by atoms with Crippen LogP contribution in [0.4, 0.5) is 0 Å². The Labute approximate surface area is 154 Å². The molecule has 132 valence electrons. The van der Waals surface area contributed by atoms with Crippen molar-refractivity contribution in [1.29, 1.82) is 0 Å². The molecule has 0 aliphatic rings. The van der Waals surface area contributed by atoms with Crippen LogP contribution >= 0.6 is 11.6 Å². The number of ketones is 1. The number of carbonyl (C=O) groups is 2. The summed E-state index contributed by atoms with van der Waals surface area (Å²) in [5.41, 5.74) is 1.27. The molecule has 0 atom stereocenters. The summed E-state index contributed by atoms with van der Waals surface area (Å²) in [5.74, 6) is -0.240. The molecule has 0 saturated carbocycles. The largest absolute Gasteiger partial charge is 0.457 e. The van der Waals surface area contributed by atoms with Crippen LogP contribution in [-0.4, -0.2) is 32.0 Å². The van der Waals surface area contributed by atoms with Crippen LogP contribution in [0, 0.1) is 0 Å². The Balaban J connectivity index is 1.51. The first-order valence-corrected chi connectivity index (χ1v) is 8.28. The van der Waals surface area contributed by atoms with Gasteiger partial charge in [0.2, 0.25) is 0 Å². The standard InChI is InChI=1S/C18H15ClN4O3/c19-14-8-6-13(7-9-14)16(24)10-11-18(25)26-12-17-20-21-22-23(17)15-4-2-1-3-5-15/h1-9H,10-12H2. The molecule has 3 aromatic rings. The second-order valence-electron chi connectivity index (χ2n) is 5.43. The fraction of sp³-hybridized carbons (Fsp3) is 0.167. The molecule has 0 saturated heterocycles. The molecule has 7 nitrogen and oxygen atoms in total. The fourth-order valence-electron chi connectivity index (χ4n) is 2.28. The SMILES string of the molecule is O=C(CCC(=O)c1ccc(Cl)cc1)OCc1nnnn1-c1ccccc1. The van der Waals surface area contributed by atoms with E-state index >= 15 is 0 Å². The van der Waals surface area contributed by atoms with Crippen molar-refractivity contribution in [3.05, 3.63) is 71.0 Å². The lowest BCUT2D eigenvalue weighted by atomic mass is 10.1. The number of benzene rings is 2. The van der Waals surface area contributed by atoms with Crippen molar-refractivity contribution < 1.29 is 14.3 Å². The van der Waals surface area contributed by atoms with Gasteiger partial charge in [0.15, 0.2) is 18.2 Å². The van der Waals surface area contributed by atoms with Crippen molar-refractivity contribution in [2.75, 3.05) is 0 Å². The minimum atomic E-state index is -0.491. The number of Topliss-reactive ketones (excluding diaryl/α,β-unsaturated/α-hetero) is 1. The Kier molecular flexibility index (Phi) is 5.70. The highest BCUT2D eigenvalue weighted by Gasteiger charge is 2.13. The van der Waals surface area contributed by atoms with E-state index < -0.39 is 5.97 Å². The van der Waals surface area contributed by atoms with E-state index in [1.807, 2.05) is 30.3 Å². The number of carbonyl (C=O) groups excluding carboxylic acids is 2. The van der Waals surface area contributed by atoms with Crippen LogP contribution in [0.15, 0.2) is 54.6 Å². The third-order valence-corrected chi connectivity index (χ3v) is 3.87. The Morgan fingerprint density at radius 1 is 1.00 bits per heavy atom. The molecule has 2 aromatic carbocycles. The number of aromatic nitrogens is 4. The van der Waals surface area contributed by atoms with E-state index in [1.165, 1.54) is 4.68 Å². The first-order chi connectivity index (χ1) is 12.6. The lowest BCUT2D eigenvalue weighted by Crippen LogP contribution is -2.11. The molecule has 0 spiro atoms. The molecule has 0 radical (unpaired) electrons. The van der Waals surface area contributed by atoms with Gasteiger partial charge in [0.25, 0.3) is 0 Å². The first kappa shape index (κ1) is 17.8. The van der Waals surface area contributed by atoms with E-state index in [0.717, 1.165) is 5.69 Å². The van der Waals surface area contributed by atoms with Gasteiger partial charge in [-0.05, 0) is 46.8 Å². The number of tetrazole rings is 1. The lowest BCUT2D eigenvalue weighted by Gasteiger charge is -2.06. The van der Waals surface area contributed by atoms with Crippen LogP contribution in [-0.2, 0) is 16.1 Å². The number of para-hydroxylation sites is 1. The van der Waals surface area contributed by atoms with Gasteiger partial charge >= 0.3 is 5.97 Å². The summed E-state index contributed by atoms with van der Waals surface area (Å²) in [6.45, 7) is -0.0735. The van der Waals surface area contributed by atoms with Gasteiger partial charge in [-0.15, -0.1) is 5.10 Å².